The van der Waals surface area contributed by atoms with Gasteiger partial charge >= 0.3 is 0 Å². The number of carbonyl (C=O) groups is 2. The van der Waals surface area contributed by atoms with E-state index in [1.807, 2.05) is 0 Å². The van der Waals surface area contributed by atoms with Gasteiger partial charge in [0.15, 0.2) is 0 Å². The lowest BCUT2D eigenvalue weighted by Gasteiger charge is -2.25. The maximum atomic E-state index is 11.1. The molecule has 1 saturated heterocycles. The second kappa shape index (κ2) is 5.10. The molecule has 1 fully saturated rings. The van der Waals surface area contributed by atoms with E-state index in [4.69, 9.17) is 0 Å². The molecule has 0 radical (unpaired) electrons. The van der Waals surface area contributed by atoms with Crippen molar-refractivity contribution in [1.82, 2.24) is 10.2 Å². The number of carbonyl (C=O) groups excluding carboxylic acids is 2. The standard InChI is InChI=1S/C10H18N2O2/c1-8-7-11-10(14)4-6-12(8)5-3-9(2)13/h8H,3-7H2,1-2H3,(H,11,14). The van der Waals surface area contributed by atoms with Gasteiger partial charge in [-0.1, -0.05) is 0 Å². The second-order valence-electron chi connectivity index (χ2n) is 3.89. The van der Waals surface area contributed by atoms with Crippen molar-refractivity contribution < 1.29 is 9.59 Å². The Balaban J connectivity index is 2.41. The van der Waals surface area contributed by atoms with E-state index in [1.54, 1.807) is 6.92 Å². The fourth-order valence-corrected chi connectivity index (χ4v) is 1.58. The Morgan fingerprint density at radius 1 is 1.64 bits per heavy atom. The number of rotatable bonds is 3. The number of nitrogens with zero attached hydrogens (tertiary/aromatic N) is 1. The zero-order valence-electron chi connectivity index (χ0n) is 8.88. The van der Waals surface area contributed by atoms with Crippen molar-refractivity contribution in [3.8, 4) is 0 Å². The van der Waals surface area contributed by atoms with Crippen molar-refractivity contribution >= 4 is 11.7 Å². The highest BCUT2D eigenvalue weighted by Gasteiger charge is 2.19. The van der Waals surface area contributed by atoms with Gasteiger partial charge in [-0.05, 0) is 13.8 Å². The molecule has 0 aromatic heterocycles. The summed E-state index contributed by atoms with van der Waals surface area (Å²) < 4.78 is 0. The van der Waals surface area contributed by atoms with Crippen LogP contribution in [0.3, 0.4) is 0 Å². The summed E-state index contributed by atoms with van der Waals surface area (Å²) in [4.78, 5) is 24.1. The molecule has 0 bridgehead atoms. The highest BCUT2D eigenvalue weighted by molar-refractivity contribution is 5.76. The van der Waals surface area contributed by atoms with Crippen molar-refractivity contribution in [2.45, 2.75) is 32.7 Å². The number of Topliss-reactive ketones (excluding diaryl/α,β-unsaturated/α-hetero) is 1. The molecule has 0 spiro atoms. The minimum atomic E-state index is 0.113. The van der Waals surface area contributed by atoms with Gasteiger partial charge in [0.05, 0.1) is 0 Å². The average Bonchev–Trinajstić information content (AvgIpc) is 2.27. The molecule has 1 aliphatic rings. The van der Waals surface area contributed by atoms with E-state index < -0.39 is 0 Å². The number of hydrogen-bond donors (Lipinski definition) is 1. The molecule has 1 atom stereocenters. The first-order valence-electron chi connectivity index (χ1n) is 5.10. The van der Waals surface area contributed by atoms with Crippen LogP contribution in [-0.2, 0) is 9.59 Å². The van der Waals surface area contributed by atoms with Gasteiger partial charge in [0.25, 0.3) is 0 Å². The largest absolute Gasteiger partial charge is 0.355 e. The predicted molar refractivity (Wildman–Crippen MR) is 54.0 cm³/mol. The molecule has 1 heterocycles. The normalized spacial score (nSPS) is 24.1. The van der Waals surface area contributed by atoms with Gasteiger partial charge in [-0.3, -0.25) is 14.5 Å². The Hall–Kier alpha value is -0.900. The fraction of sp³-hybridized carbons (Fsp3) is 0.800. The number of nitrogens with one attached hydrogen (secondary N) is 1. The molecular weight excluding hydrogens is 180 g/mol. The van der Waals surface area contributed by atoms with Crippen molar-refractivity contribution in [2.75, 3.05) is 19.6 Å². The van der Waals surface area contributed by atoms with Gasteiger partial charge in [-0.25, -0.2) is 0 Å². The van der Waals surface area contributed by atoms with Crippen LogP contribution >= 0.6 is 0 Å². The lowest BCUT2D eigenvalue weighted by molar-refractivity contribution is -0.120. The summed E-state index contributed by atoms with van der Waals surface area (Å²) in [5.74, 6) is 0.322. The molecule has 1 aliphatic heterocycles. The molecular formula is C10H18N2O2. The first kappa shape index (κ1) is 11.2. The summed E-state index contributed by atoms with van der Waals surface area (Å²) in [5.41, 5.74) is 0. The minimum absolute atomic E-state index is 0.113. The number of amides is 1. The zero-order valence-corrected chi connectivity index (χ0v) is 8.88. The summed E-state index contributed by atoms with van der Waals surface area (Å²) in [6.07, 6.45) is 1.13. The molecule has 1 amide bonds. The molecule has 4 heteroatoms. The Morgan fingerprint density at radius 3 is 3.00 bits per heavy atom. The highest BCUT2D eigenvalue weighted by Crippen LogP contribution is 2.05. The van der Waals surface area contributed by atoms with Crippen LogP contribution in [0.2, 0.25) is 0 Å². The summed E-state index contributed by atoms with van der Waals surface area (Å²) in [5, 5.41) is 2.85. The summed E-state index contributed by atoms with van der Waals surface area (Å²) >= 11 is 0. The topological polar surface area (TPSA) is 49.4 Å². The maximum absolute atomic E-state index is 11.1. The van der Waals surface area contributed by atoms with Crippen molar-refractivity contribution in [2.24, 2.45) is 0 Å². The third-order valence-electron chi connectivity index (χ3n) is 2.60. The van der Waals surface area contributed by atoms with Crippen LogP contribution in [0.15, 0.2) is 0 Å². The monoisotopic (exact) mass is 198 g/mol. The molecule has 0 saturated carbocycles. The Bertz CT molecular complexity index is 228. The second-order valence-corrected chi connectivity index (χ2v) is 3.89. The Kier molecular flexibility index (Phi) is 4.07. The molecule has 0 aromatic carbocycles. The van der Waals surface area contributed by atoms with Gasteiger partial charge < -0.3 is 5.32 Å². The molecule has 14 heavy (non-hydrogen) atoms. The van der Waals surface area contributed by atoms with E-state index in [-0.39, 0.29) is 11.7 Å². The minimum Gasteiger partial charge on any atom is -0.355 e. The first-order valence-corrected chi connectivity index (χ1v) is 5.10. The lowest BCUT2D eigenvalue weighted by Crippen LogP contribution is -2.38. The van der Waals surface area contributed by atoms with E-state index >= 15 is 0 Å². The van der Waals surface area contributed by atoms with Gasteiger partial charge in [-0.15, -0.1) is 0 Å². The van der Waals surface area contributed by atoms with E-state index in [9.17, 15) is 9.59 Å². The smallest absolute Gasteiger partial charge is 0.221 e. The Labute approximate surface area is 84.7 Å². The van der Waals surface area contributed by atoms with Crippen LogP contribution in [0.4, 0.5) is 0 Å². The quantitative estimate of drug-likeness (QED) is 0.703. The molecule has 4 nitrogen and oxygen atoms in total. The van der Waals surface area contributed by atoms with Gasteiger partial charge in [0.1, 0.15) is 5.78 Å². The highest BCUT2D eigenvalue weighted by atomic mass is 16.1. The fourth-order valence-electron chi connectivity index (χ4n) is 1.58. The van der Waals surface area contributed by atoms with Gasteiger partial charge in [0.2, 0.25) is 5.91 Å². The van der Waals surface area contributed by atoms with Crippen LogP contribution in [0.25, 0.3) is 0 Å². The van der Waals surface area contributed by atoms with E-state index in [1.165, 1.54) is 0 Å². The van der Waals surface area contributed by atoms with Crippen molar-refractivity contribution in [3.63, 3.8) is 0 Å². The summed E-state index contributed by atoms with van der Waals surface area (Å²) in [7, 11) is 0. The van der Waals surface area contributed by atoms with Crippen molar-refractivity contribution in [1.29, 1.82) is 0 Å². The summed E-state index contributed by atoms with van der Waals surface area (Å²) in [6, 6.07) is 0.334. The maximum Gasteiger partial charge on any atom is 0.221 e. The zero-order chi connectivity index (χ0) is 10.6. The first-order chi connectivity index (χ1) is 6.59. The summed E-state index contributed by atoms with van der Waals surface area (Å²) in [6.45, 7) is 5.90. The van der Waals surface area contributed by atoms with Gasteiger partial charge in [-0.2, -0.15) is 0 Å². The third kappa shape index (κ3) is 3.46. The number of hydrogen-bond acceptors (Lipinski definition) is 3. The van der Waals surface area contributed by atoms with E-state index in [0.29, 0.717) is 25.4 Å². The van der Waals surface area contributed by atoms with E-state index in [2.05, 4.69) is 17.1 Å². The third-order valence-corrected chi connectivity index (χ3v) is 2.60. The molecule has 80 valence electrons. The molecule has 1 rings (SSSR count). The molecule has 1 unspecified atom stereocenters. The van der Waals surface area contributed by atoms with Crippen LogP contribution in [-0.4, -0.2) is 42.3 Å². The van der Waals surface area contributed by atoms with Crippen molar-refractivity contribution in [3.05, 3.63) is 0 Å². The average molecular weight is 198 g/mol. The van der Waals surface area contributed by atoms with Crippen LogP contribution in [0.5, 0.6) is 0 Å². The molecule has 1 N–H and O–H groups in total. The van der Waals surface area contributed by atoms with Crippen LogP contribution in [0.1, 0.15) is 26.7 Å². The number of ketones is 1. The Morgan fingerprint density at radius 2 is 2.36 bits per heavy atom. The van der Waals surface area contributed by atoms with Crippen LogP contribution in [0, 0.1) is 0 Å². The molecule has 0 aliphatic carbocycles. The predicted octanol–water partition coefficient (Wildman–Crippen LogP) is 0.176. The molecule has 0 aromatic rings. The lowest BCUT2D eigenvalue weighted by atomic mass is 10.2. The van der Waals surface area contributed by atoms with Gasteiger partial charge in [0, 0.05) is 38.5 Å². The van der Waals surface area contributed by atoms with Crippen LogP contribution < -0.4 is 5.32 Å². The SMILES string of the molecule is CC(=O)CCN1CCC(=O)NCC1C. The van der Waals surface area contributed by atoms with E-state index in [0.717, 1.165) is 13.1 Å².